The molecule has 0 bridgehead atoms. The molecule has 1 aromatic heterocycles. The summed E-state index contributed by atoms with van der Waals surface area (Å²) in [5.74, 6) is 0.595. The van der Waals surface area contributed by atoms with Gasteiger partial charge in [0.05, 0.1) is 19.3 Å². The van der Waals surface area contributed by atoms with Crippen LogP contribution in [0.2, 0.25) is 0 Å². The molecular formula is C21H28N4O3. The zero-order valence-corrected chi connectivity index (χ0v) is 16.3. The quantitative estimate of drug-likeness (QED) is 0.719. The van der Waals surface area contributed by atoms with Crippen LogP contribution in [-0.4, -0.2) is 34.8 Å². The van der Waals surface area contributed by atoms with Gasteiger partial charge in [0.1, 0.15) is 0 Å². The topological polar surface area (TPSA) is 85.2 Å². The van der Waals surface area contributed by atoms with E-state index in [1.165, 1.54) is 30.0 Å². The number of aromatic nitrogens is 2. The molecule has 0 radical (unpaired) electrons. The minimum absolute atomic E-state index is 0.268. The first kappa shape index (κ1) is 20.1. The van der Waals surface area contributed by atoms with Crippen LogP contribution in [0.5, 0.6) is 0 Å². The average Bonchev–Trinajstić information content (AvgIpc) is 2.69. The monoisotopic (exact) mass is 384 g/mol. The molecule has 0 aliphatic heterocycles. The molecular weight excluding hydrogens is 356 g/mol. The van der Waals surface area contributed by atoms with E-state index in [1.54, 1.807) is 12.3 Å². The van der Waals surface area contributed by atoms with Gasteiger partial charge < -0.3 is 15.4 Å². The highest BCUT2D eigenvalue weighted by molar-refractivity contribution is 5.89. The van der Waals surface area contributed by atoms with Gasteiger partial charge in [-0.15, -0.1) is 0 Å². The maximum absolute atomic E-state index is 12.1. The zero-order chi connectivity index (χ0) is 19.8. The highest BCUT2D eigenvalue weighted by Crippen LogP contribution is 2.25. The highest BCUT2D eigenvalue weighted by Gasteiger charge is 2.21. The number of hydrogen-bond donors (Lipinski definition) is 2. The number of nitrogens with one attached hydrogen (secondary N) is 2. The molecule has 28 heavy (non-hydrogen) atoms. The minimum Gasteiger partial charge on any atom is -0.376 e. The molecule has 0 saturated heterocycles. The Morgan fingerprint density at radius 3 is 2.96 bits per heavy atom. The number of hydrogen-bond acceptors (Lipinski definition) is 4. The summed E-state index contributed by atoms with van der Waals surface area (Å²) in [6.45, 7) is 3.62. The lowest BCUT2D eigenvalue weighted by molar-refractivity contribution is -0.00232. The summed E-state index contributed by atoms with van der Waals surface area (Å²) < 4.78 is 7.43. The van der Waals surface area contributed by atoms with Crippen molar-refractivity contribution >= 4 is 11.7 Å². The number of urea groups is 1. The predicted molar refractivity (Wildman–Crippen MR) is 108 cm³/mol. The second-order valence-electron chi connectivity index (χ2n) is 7.28. The lowest BCUT2D eigenvalue weighted by Gasteiger charge is -2.28. The van der Waals surface area contributed by atoms with Gasteiger partial charge in [-0.3, -0.25) is 4.57 Å². The molecule has 1 aliphatic carbocycles. The van der Waals surface area contributed by atoms with Gasteiger partial charge in [0.15, 0.2) is 0 Å². The van der Waals surface area contributed by atoms with Crippen molar-refractivity contribution in [2.75, 3.05) is 18.5 Å². The fourth-order valence-corrected chi connectivity index (χ4v) is 3.53. The summed E-state index contributed by atoms with van der Waals surface area (Å²) >= 11 is 0. The third-order valence-corrected chi connectivity index (χ3v) is 5.07. The van der Waals surface area contributed by atoms with E-state index in [1.807, 2.05) is 24.3 Å². The molecule has 7 heteroatoms. The number of carbonyl (C=O) groups is 1. The lowest BCUT2D eigenvalue weighted by Crippen LogP contribution is -2.34. The molecule has 1 aromatic carbocycles. The molecule has 1 aliphatic rings. The molecule has 150 valence electrons. The van der Waals surface area contributed by atoms with E-state index in [0.29, 0.717) is 37.4 Å². The second-order valence-corrected chi connectivity index (χ2v) is 7.28. The largest absolute Gasteiger partial charge is 0.376 e. The molecule has 2 atom stereocenters. The maximum Gasteiger partial charge on any atom is 0.347 e. The third kappa shape index (κ3) is 5.92. The highest BCUT2D eigenvalue weighted by atomic mass is 16.5. The Balaban J connectivity index is 1.44. The van der Waals surface area contributed by atoms with Crippen LogP contribution in [0.15, 0.2) is 47.5 Å². The summed E-state index contributed by atoms with van der Waals surface area (Å²) in [5, 5.41) is 5.64. The fraction of sp³-hybridized carbons (Fsp3) is 0.476. The van der Waals surface area contributed by atoms with E-state index in [2.05, 4.69) is 22.5 Å². The molecule has 1 fully saturated rings. The van der Waals surface area contributed by atoms with Crippen molar-refractivity contribution in [3.63, 3.8) is 0 Å². The van der Waals surface area contributed by atoms with Gasteiger partial charge in [0.2, 0.25) is 0 Å². The van der Waals surface area contributed by atoms with Gasteiger partial charge in [-0.1, -0.05) is 31.9 Å². The number of carbonyl (C=O) groups excluding carboxylic acids is 1. The van der Waals surface area contributed by atoms with Crippen molar-refractivity contribution in [1.82, 2.24) is 14.9 Å². The van der Waals surface area contributed by atoms with Crippen molar-refractivity contribution in [3.05, 3.63) is 58.8 Å². The molecule has 2 aromatic rings. The molecule has 2 N–H and O–H groups in total. The van der Waals surface area contributed by atoms with Crippen LogP contribution in [0.4, 0.5) is 10.5 Å². The van der Waals surface area contributed by atoms with Crippen molar-refractivity contribution in [3.8, 4) is 0 Å². The summed E-state index contributed by atoms with van der Waals surface area (Å²) in [6.07, 6.45) is 8.32. The van der Waals surface area contributed by atoms with Crippen molar-refractivity contribution in [2.45, 2.75) is 45.3 Å². The maximum atomic E-state index is 12.1. The summed E-state index contributed by atoms with van der Waals surface area (Å²) in [6, 6.07) is 8.86. The minimum atomic E-state index is -0.300. The van der Waals surface area contributed by atoms with Crippen molar-refractivity contribution in [2.24, 2.45) is 5.92 Å². The summed E-state index contributed by atoms with van der Waals surface area (Å²) in [5.41, 5.74) is 1.28. The van der Waals surface area contributed by atoms with Crippen LogP contribution < -0.4 is 16.3 Å². The average molecular weight is 384 g/mol. The Kier molecular flexibility index (Phi) is 7.19. The third-order valence-electron chi connectivity index (χ3n) is 5.07. The number of anilines is 1. The molecule has 7 nitrogen and oxygen atoms in total. The first-order valence-corrected chi connectivity index (χ1v) is 9.88. The Bertz CT molecular complexity index is 836. The van der Waals surface area contributed by atoms with Gasteiger partial charge in [0, 0.05) is 24.6 Å². The number of benzene rings is 1. The van der Waals surface area contributed by atoms with Crippen molar-refractivity contribution in [1.29, 1.82) is 0 Å². The number of amides is 2. The lowest BCUT2D eigenvalue weighted by atomic mass is 9.88. The number of nitrogens with zero attached hydrogens (tertiary/aromatic N) is 2. The van der Waals surface area contributed by atoms with Crippen LogP contribution in [0.1, 0.15) is 38.2 Å². The van der Waals surface area contributed by atoms with Crippen LogP contribution in [0.25, 0.3) is 0 Å². The molecule has 1 heterocycles. The first-order chi connectivity index (χ1) is 13.6. The van der Waals surface area contributed by atoms with Gasteiger partial charge in [-0.2, -0.15) is 0 Å². The summed E-state index contributed by atoms with van der Waals surface area (Å²) in [4.78, 5) is 27.6. The number of ether oxygens (including phenoxy) is 1. The summed E-state index contributed by atoms with van der Waals surface area (Å²) in [7, 11) is 0. The van der Waals surface area contributed by atoms with E-state index >= 15 is 0 Å². The number of rotatable bonds is 7. The van der Waals surface area contributed by atoms with Crippen LogP contribution in [-0.2, 0) is 11.3 Å². The second kappa shape index (κ2) is 10.0. The Morgan fingerprint density at radius 1 is 1.29 bits per heavy atom. The van der Waals surface area contributed by atoms with E-state index in [0.717, 1.165) is 12.0 Å². The van der Waals surface area contributed by atoms with E-state index < -0.39 is 0 Å². The Morgan fingerprint density at radius 2 is 2.14 bits per heavy atom. The molecule has 0 spiro atoms. The molecule has 1 saturated carbocycles. The van der Waals surface area contributed by atoms with Crippen LogP contribution >= 0.6 is 0 Å². The fourth-order valence-electron chi connectivity index (χ4n) is 3.53. The van der Waals surface area contributed by atoms with Gasteiger partial charge in [0.25, 0.3) is 0 Å². The SMILES string of the molecule is C[C@@H]1CCCC[C@@H]1OCCNC(=O)Nc1cccc(Cn2cccnc2=O)c1. The van der Waals surface area contributed by atoms with Gasteiger partial charge in [-0.25, -0.2) is 14.6 Å². The van der Waals surface area contributed by atoms with Gasteiger partial charge >= 0.3 is 11.7 Å². The smallest absolute Gasteiger partial charge is 0.347 e. The molecule has 2 amide bonds. The Hall–Kier alpha value is -2.67. The zero-order valence-electron chi connectivity index (χ0n) is 16.3. The normalized spacial score (nSPS) is 19.2. The standard InChI is InChI=1S/C21H28N4O3/c1-16-6-2-3-9-19(16)28-13-11-22-20(26)24-18-8-4-7-17(14-18)15-25-12-5-10-23-21(25)27/h4-5,7-8,10,12,14,16,19H,2-3,6,9,11,13,15H2,1H3,(H2,22,24,26)/t16-,19+/m1/s1. The molecule has 3 rings (SSSR count). The molecule has 0 unspecified atom stereocenters. The van der Waals surface area contributed by atoms with Gasteiger partial charge in [-0.05, 0) is 42.5 Å². The van der Waals surface area contributed by atoms with E-state index in [4.69, 9.17) is 4.74 Å². The van der Waals surface area contributed by atoms with Crippen LogP contribution in [0, 0.1) is 5.92 Å². The first-order valence-electron chi connectivity index (χ1n) is 9.88. The Labute approximate surface area is 165 Å². The van der Waals surface area contributed by atoms with E-state index in [-0.39, 0.29) is 11.7 Å². The van der Waals surface area contributed by atoms with Crippen molar-refractivity contribution < 1.29 is 9.53 Å². The van der Waals surface area contributed by atoms with Crippen LogP contribution in [0.3, 0.4) is 0 Å². The predicted octanol–water partition coefficient (Wildman–Crippen LogP) is 3.01. The van der Waals surface area contributed by atoms with E-state index in [9.17, 15) is 9.59 Å².